The number of aromatic nitrogens is 1. The van der Waals surface area contributed by atoms with Gasteiger partial charge in [-0.1, -0.05) is 6.07 Å². The first-order chi connectivity index (χ1) is 11.8. The first-order valence-electron chi connectivity index (χ1n) is 8.38. The van der Waals surface area contributed by atoms with E-state index in [0.29, 0.717) is 11.3 Å². The van der Waals surface area contributed by atoms with Gasteiger partial charge in [-0.3, -0.25) is 9.59 Å². The topological polar surface area (TPSA) is 55.5 Å². The molecular formula is C19H25FN3O2+. The molecule has 0 fully saturated rings. The number of rotatable bonds is 7. The van der Waals surface area contributed by atoms with Crippen LogP contribution >= 0.6 is 0 Å². The minimum atomic E-state index is -0.403. The molecule has 5 nitrogen and oxygen atoms in total. The number of carbonyl (C=O) groups is 2. The zero-order valence-corrected chi connectivity index (χ0v) is 15.1. The number of ketones is 1. The van der Waals surface area contributed by atoms with Crippen molar-refractivity contribution in [2.45, 2.75) is 27.3 Å². The highest BCUT2D eigenvalue weighted by molar-refractivity contribution is 5.98. The third kappa shape index (κ3) is 4.76. The maximum atomic E-state index is 13.1. The molecule has 1 aromatic carbocycles. The lowest BCUT2D eigenvalue weighted by molar-refractivity contribution is -0.861. The fourth-order valence-corrected chi connectivity index (χ4v) is 3.05. The third-order valence-corrected chi connectivity index (χ3v) is 4.22. The molecule has 25 heavy (non-hydrogen) atoms. The summed E-state index contributed by atoms with van der Waals surface area (Å²) < 4.78 is 15.2. The molecule has 1 unspecified atom stereocenters. The lowest BCUT2D eigenvalue weighted by atomic mass is 10.1. The molecule has 0 radical (unpaired) electrons. The summed E-state index contributed by atoms with van der Waals surface area (Å²) in [6, 6.07) is 7.65. The van der Waals surface area contributed by atoms with Crippen LogP contribution in [-0.4, -0.2) is 36.4 Å². The van der Waals surface area contributed by atoms with Gasteiger partial charge in [0.25, 0.3) is 5.91 Å². The number of hydrogen-bond donors (Lipinski definition) is 2. The van der Waals surface area contributed by atoms with Crippen molar-refractivity contribution >= 4 is 17.4 Å². The van der Waals surface area contributed by atoms with E-state index in [1.165, 1.54) is 18.2 Å². The summed E-state index contributed by atoms with van der Waals surface area (Å²) in [4.78, 5) is 25.4. The van der Waals surface area contributed by atoms with Gasteiger partial charge in [-0.15, -0.1) is 0 Å². The molecule has 1 atom stereocenters. The van der Waals surface area contributed by atoms with E-state index in [9.17, 15) is 14.0 Å². The van der Waals surface area contributed by atoms with Crippen LogP contribution in [0.3, 0.4) is 0 Å². The number of carbonyl (C=O) groups excluding carboxylic acids is 2. The third-order valence-electron chi connectivity index (χ3n) is 4.22. The molecule has 1 amide bonds. The fraction of sp³-hybridized carbons (Fsp3) is 0.368. The Kier molecular flexibility index (Phi) is 6.09. The van der Waals surface area contributed by atoms with Crippen LogP contribution in [0.5, 0.6) is 0 Å². The van der Waals surface area contributed by atoms with Gasteiger partial charge in [-0.2, -0.15) is 0 Å². The van der Waals surface area contributed by atoms with Gasteiger partial charge in [0.2, 0.25) is 5.78 Å². The van der Waals surface area contributed by atoms with Crippen LogP contribution in [0.15, 0.2) is 30.3 Å². The number of benzene rings is 1. The number of hydrogen-bond acceptors (Lipinski definition) is 2. The maximum absolute atomic E-state index is 13.1. The highest BCUT2D eigenvalue weighted by atomic mass is 19.1. The van der Waals surface area contributed by atoms with Crippen molar-refractivity contribution in [2.75, 3.05) is 25.5 Å². The molecule has 0 aliphatic rings. The molecule has 1 heterocycles. The lowest BCUT2D eigenvalue weighted by Crippen LogP contribution is -3.11. The van der Waals surface area contributed by atoms with Gasteiger partial charge in [0, 0.05) is 29.2 Å². The number of nitrogens with one attached hydrogen (secondary N) is 2. The summed E-state index contributed by atoms with van der Waals surface area (Å²) in [6.45, 7) is 7.15. The van der Waals surface area contributed by atoms with Crippen LogP contribution in [0.25, 0.3) is 0 Å². The standard InChI is InChI=1S/C19H24FN3O2/c1-5-23-13(2)9-17(14(23)3)18(24)11-22(4)12-19(25)21-16-8-6-7-15(20)10-16/h6-10H,5,11-12H2,1-4H3,(H,21,25)/p+1. The second-order valence-electron chi connectivity index (χ2n) is 6.32. The van der Waals surface area contributed by atoms with Gasteiger partial charge in [-0.05, 0) is 45.0 Å². The number of nitrogens with zero attached hydrogens (tertiary/aromatic N) is 1. The molecule has 2 rings (SSSR count). The largest absolute Gasteiger partial charge is 0.349 e. The van der Waals surface area contributed by atoms with Crippen molar-refractivity contribution in [1.29, 1.82) is 0 Å². The Morgan fingerprint density at radius 3 is 2.52 bits per heavy atom. The molecular weight excluding hydrogens is 321 g/mol. The molecule has 2 N–H and O–H groups in total. The predicted octanol–water partition coefficient (Wildman–Crippen LogP) is 1.60. The summed E-state index contributed by atoms with van der Waals surface area (Å²) in [5.74, 6) is -0.640. The molecule has 0 aliphatic heterocycles. The molecule has 6 heteroatoms. The average Bonchev–Trinajstić information content (AvgIpc) is 2.81. The van der Waals surface area contributed by atoms with E-state index in [0.717, 1.165) is 22.8 Å². The normalized spacial score (nSPS) is 12.0. The van der Waals surface area contributed by atoms with Crippen LogP contribution in [0.2, 0.25) is 0 Å². The van der Waals surface area contributed by atoms with Gasteiger partial charge in [-0.25, -0.2) is 4.39 Å². The van der Waals surface area contributed by atoms with Crippen molar-refractivity contribution in [3.05, 3.63) is 53.1 Å². The highest BCUT2D eigenvalue weighted by Crippen LogP contribution is 2.15. The Hall–Kier alpha value is -2.47. The van der Waals surface area contributed by atoms with E-state index in [1.807, 2.05) is 26.8 Å². The number of halogens is 1. The van der Waals surface area contributed by atoms with Gasteiger partial charge < -0.3 is 14.8 Å². The number of Topliss-reactive ketones (excluding diaryl/α,β-unsaturated/α-hetero) is 1. The van der Waals surface area contributed by atoms with Gasteiger partial charge in [0.1, 0.15) is 12.4 Å². The minimum Gasteiger partial charge on any atom is -0.349 e. The Bertz CT molecular complexity index is 783. The van der Waals surface area contributed by atoms with Crippen LogP contribution in [0.4, 0.5) is 10.1 Å². The number of likely N-dealkylation sites (N-methyl/N-ethyl adjacent to an activating group) is 1. The van der Waals surface area contributed by atoms with E-state index >= 15 is 0 Å². The van der Waals surface area contributed by atoms with Crippen molar-refractivity contribution in [2.24, 2.45) is 0 Å². The zero-order chi connectivity index (χ0) is 18.6. The van der Waals surface area contributed by atoms with Gasteiger partial charge >= 0.3 is 0 Å². The summed E-state index contributed by atoms with van der Waals surface area (Å²) in [7, 11) is 1.79. The molecule has 1 aromatic heterocycles. The Balaban J connectivity index is 1.94. The number of anilines is 1. The Labute approximate surface area is 147 Å². The SMILES string of the molecule is CCn1c(C)cc(C(=O)C[NH+](C)CC(=O)Nc2cccc(F)c2)c1C. The zero-order valence-electron chi connectivity index (χ0n) is 15.1. The van der Waals surface area contributed by atoms with Crippen molar-refractivity contribution in [1.82, 2.24) is 4.57 Å². The molecule has 0 spiro atoms. The van der Waals surface area contributed by atoms with Gasteiger partial charge in [0.05, 0.1) is 7.05 Å². The maximum Gasteiger partial charge on any atom is 0.279 e. The predicted molar refractivity (Wildman–Crippen MR) is 95.6 cm³/mol. The van der Waals surface area contributed by atoms with Crippen LogP contribution in [0.1, 0.15) is 28.7 Å². The lowest BCUT2D eigenvalue weighted by Gasteiger charge is -2.13. The summed E-state index contributed by atoms with van der Waals surface area (Å²) in [5.41, 5.74) is 3.15. The molecule has 0 saturated heterocycles. The number of amides is 1. The molecule has 0 saturated carbocycles. The number of aryl methyl sites for hydroxylation is 1. The monoisotopic (exact) mass is 346 g/mol. The summed E-state index contributed by atoms with van der Waals surface area (Å²) in [6.07, 6.45) is 0. The van der Waals surface area contributed by atoms with E-state index in [2.05, 4.69) is 9.88 Å². The van der Waals surface area contributed by atoms with E-state index in [1.54, 1.807) is 13.1 Å². The average molecular weight is 346 g/mol. The second-order valence-corrected chi connectivity index (χ2v) is 6.32. The Morgan fingerprint density at radius 2 is 1.92 bits per heavy atom. The van der Waals surface area contributed by atoms with Crippen LogP contribution < -0.4 is 10.2 Å². The fourth-order valence-electron chi connectivity index (χ4n) is 3.05. The quantitative estimate of drug-likeness (QED) is 0.748. The molecule has 2 aromatic rings. The molecule has 134 valence electrons. The van der Waals surface area contributed by atoms with Crippen LogP contribution in [0, 0.1) is 19.7 Å². The van der Waals surface area contributed by atoms with Crippen molar-refractivity contribution in [3.8, 4) is 0 Å². The summed E-state index contributed by atoms with van der Waals surface area (Å²) >= 11 is 0. The molecule has 0 bridgehead atoms. The molecule has 0 aliphatic carbocycles. The van der Waals surface area contributed by atoms with Crippen LogP contribution in [-0.2, 0) is 11.3 Å². The summed E-state index contributed by atoms with van der Waals surface area (Å²) in [5, 5.41) is 2.65. The van der Waals surface area contributed by atoms with E-state index in [-0.39, 0.29) is 24.8 Å². The smallest absolute Gasteiger partial charge is 0.279 e. The first kappa shape index (κ1) is 18.9. The van der Waals surface area contributed by atoms with Crippen molar-refractivity contribution < 1.29 is 18.9 Å². The Morgan fingerprint density at radius 1 is 1.20 bits per heavy atom. The first-order valence-corrected chi connectivity index (χ1v) is 8.38. The second kappa shape index (κ2) is 8.07. The van der Waals surface area contributed by atoms with Gasteiger partial charge in [0.15, 0.2) is 6.54 Å². The van der Waals surface area contributed by atoms with E-state index < -0.39 is 5.82 Å². The van der Waals surface area contributed by atoms with Crippen molar-refractivity contribution in [3.63, 3.8) is 0 Å². The number of quaternary nitrogens is 1. The minimum absolute atomic E-state index is 0.0175. The van der Waals surface area contributed by atoms with E-state index in [4.69, 9.17) is 0 Å². The highest BCUT2D eigenvalue weighted by Gasteiger charge is 2.20.